The second-order valence-corrected chi connectivity index (χ2v) is 17.1. The summed E-state index contributed by atoms with van der Waals surface area (Å²) in [5.41, 5.74) is 4.89. The Labute approximate surface area is 233 Å². The van der Waals surface area contributed by atoms with Crippen LogP contribution in [0.3, 0.4) is 0 Å². The summed E-state index contributed by atoms with van der Waals surface area (Å²) in [7, 11) is 1.13. The maximum Gasteiger partial charge on any atom is 0.339 e. The number of rotatable bonds is 8. The third-order valence-electron chi connectivity index (χ3n) is 8.57. The molecule has 1 fully saturated rings. The van der Waals surface area contributed by atoms with Gasteiger partial charge in [-0.3, -0.25) is 0 Å². The van der Waals surface area contributed by atoms with Crippen molar-refractivity contribution in [1.82, 2.24) is 4.57 Å². The van der Waals surface area contributed by atoms with Crippen molar-refractivity contribution >= 4 is 36.8 Å². The summed E-state index contributed by atoms with van der Waals surface area (Å²) in [4.78, 5) is 12.6. The van der Waals surface area contributed by atoms with Crippen molar-refractivity contribution in [2.24, 2.45) is 0 Å². The van der Waals surface area contributed by atoms with Crippen LogP contribution in [0.4, 0.5) is 0 Å². The van der Waals surface area contributed by atoms with E-state index in [0.717, 1.165) is 40.8 Å². The van der Waals surface area contributed by atoms with E-state index >= 15 is 0 Å². The number of carbonyl (C=O) groups is 1. The van der Waals surface area contributed by atoms with Gasteiger partial charge < -0.3 is 18.5 Å². The molecule has 0 amide bonds. The van der Waals surface area contributed by atoms with Gasteiger partial charge in [0.2, 0.25) is 0 Å². The molecule has 3 aromatic rings. The number of aromatic nitrogens is 1. The predicted molar refractivity (Wildman–Crippen MR) is 159 cm³/mol. The topological polar surface area (TPSA) is 49.7 Å². The zero-order valence-corrected chi connectivity index (χ0v) is 25.7. The second kappa shape index (κ2) is 11.4. The summed E-state index contributed by atoms with van der Waals surface area (Å²) in [5, 5.41) is 1.68. The number of fused-ring (bicyclic) bond motifs is 1. The Kier molecular flexibility index (Phi) is 8.65. The van der Waals surface area contributed by atoms with Crippen molar-refractivity contribution < 1.29 is 18.7 Å². The van der Waals surface area contributed by atoms with Crippen LogP contribution in [0.15, 0.2) is 36.4 Å². The number of carbonyl (C=O) groups excluding carboxylic acids is 1. The molecule has 1 heterocycles. The molecule has 0 radical (unpaired) electrons. The van der Waals surface area contributed by atoms with Gasteiger partial charge in [0.25, 0.3) is 0 Å². The van der Waals surface area contributed by atoms with Crippen molar-refractivity contribution in [3.8, 4) is 17.0 Å². The summed E-state index contributed by atoms with van der Waals surface area (Å²) < 4.78 is 19.4. The van der Waals surface area contributed by atoms with Crippen LogP contribution in [0.2, 0.25) is 23.2 Å². The Morgan fingerprint density at radius 1 is 1.03 bits per heavy atom. The summed E-state index contributed by atoms with van der Waals surface area (Å²) >= 11 is 7.05. The van der Waals surface area contributed by atoms with Gasteiger partial charge in [0.05, 0.1) is 42.6 Å². The van der Waals surface area contributed by atoms with E-state index in [2.05, 4.69) is 56.6 Å². The van der Waals surface area contributed by atoms with Gasteiger partial charge in [0, 0.05) is 11.9 Å². The molecule has 0 unspecified atom stereocenters. The fourth-order valence-electron chi connectivity index (χ4n) is 5.40. The predicted octanol–water partition coefficient (Wildman–Crippen LogP) is 8.83. The van der Waals surface area contributed by atoms with Gasteiger partial charge in [0.15, 0.2) is 8.32 Å². The smallest absolute Gasteiger partial charge is 0.339 e. The summed E-state index contributed by atoms with van der Waals surface area (Å²) in [6.45, 7) is 12.5. The zero-order valence-electron chi connectivity index (χ0n) is 23.9. The minimum atomic E-state index is -1.95. The molecular formula is C31H42ClNO4Si. The first-order valence-electron chi connectivity index (χ1n) is 13.7. The molecule has 38 heavy (non-hydrogen) atoms. The molecule has 1 aromatic heterocycles. The summed E-state index contributed by atoms with van der Waals surface area (Å²) in [6, 6.07) is 12.2. The lowest BCUT2D eigenvalue weighted by Crippen LogP contribution is -2.41. The summed E-state index contributed by atoms with van der Waals surface area (Å²) in [5.74, 6) is 0.834. The fraction of sp³-hybridized carbons (Fsp3) is 0.516. The Bertz CT molecular complexity index is 1280. The second-order valence-electron chi connectivity index (χ2n) is 11.9. The normalized spacial score (nSPS) is 15.2. The molecule has 0 spiro atoms. The number of hydrogen-bond acceptors (Lipinski definition) is 4. The van der Waals surface area contributed by atoms with Gasteiger partial charge in [-0.15, -0.1) is 0 Å². The Balaban J connectivity index is 1.94. The van der Waals surface area contributed by atoms with Crippen LogP contribution >= 0.6 is 11.6 Å². The first-order chi connectivity index (χ1) is 18.0. The van der Waals surface area contributed by atoms with Gasteiger partial charge in [-0.1, -0.05) is 57.7 Å². The number of hydrogen-bond donors (Lipinski definition) is 0. The van der Waals surface area contributed by atoms with Gasteiger partial charge >= 0.3 is 5.97 Å². The minimum absolute atomic E-state index is 0.119. The van der Waals surface area contributed by atoms with Crippen molar-refractivity contribution in [2.75, 3.05) is 20.8 Å². The maximum atomic E-state index is 12.6. The van der Waals surface area contributed by atoms with E-state index in [9.17, 15) is 4.79 Å². The average Bonchev–Trinajstić information content (AvgIpc) is 3.23. The van der Waals surface area contributed by atoms with E-state index in [4.69, 9.17) is 25.5 Å². The third kappa shape index (κ3) is 5.54. The molecule has 0 N–H and O–H groups in total. The first-order valence-corrected chi connectivity index (χ1v) is 17.0. The monoisotopic (exact) mass is 555 g/mol. The lowest BCUT2D eigenvalue weighted by Gasteiger charge is -2.36. The van der Waals surface area contributed by atoms with E-state index in [1.54, 1.807) is 7.11 Å². The minimum Gasteiger partial charge on any atom is -0.497 e. The molecule has 0 bridgehead atoms. The number of methoxy groups -OCH3 is 2. The molecule has 0 saturated heterocycles. The number of nitrogens with zero attached hydrogens (tertiary/aromatic N) is 1. The van der Waals surface area contributed by atoms with Crippen LogP contribution < -0.4 is 4.74 Å². The zero-order chi connectivity index (χ0) is 27.7. The molecule has 1 aliphatic rings. The highest BCUT2D eigenvalue weighted by molar-refractivity contribution is 6.74. The molecule has 0 aliphatic heterocycles. The van der Waals surface area contributed by atoms with E-state index in [-0.39, 0.29) is 5.04 Å². The fourth-order valence-corrected chi connectivity index (χ4v) is 6.77. The Morgan fingerprint density at radius 3 is 2.26 bits per heavy atom. The van der Waals surface area contributed by atoms with E-state index in [1.165, 1.54) is 31.9 Å². The standard InChI is InChI=1S/C31H42ClNO4Si/c1-31(2,3)38(6,7)37-20-19-33-28(22-13-15-23(35-4)16-14-22)26(21-11-9-8-10-12-21)24-17-18-25(30(34)36-5)27(32)29(24)33/h13-18,21H,8-12,19-20H2,1-7H3. The number of ether oxygens (including phenoxy) is 2. The molecule has 5 nitrogen and oxygen atoms in total. The molecule has 0 atom stereocenters. The molecule has 7 heteroatoms. The Morgan fingerprint density at radius 2 is 1.68 bits per heavy atom. The van der Waals surface area contributed by atoms with Gasteiger partial charge in [-0.2, -0.15) is 0 Å². The SMILES string of the molecule is COC(=O)c1ccc2c(C3CCCCC3)c(-c3ccc(OC)cc3)n(CCO[Si](C)(C)C(C)(C)C)c2c1Cl. The highest BCUT2D eigenvalue weighted by Gasteiger charge is 2.37. The highest BCUT2D eigenvalue weighted by Crippen LogP contribution is 2.46. The third-order valence-corrected chi connectivity index (χ3v) is 13.5. The van der Waals surface area contributed by atoms with Crippen LogP contribution in [0.25, 0.3) is 22.2 Å². The largest absolute Gasteiger partial charge is 0.497 e. The number of halogens is 1. The molecule has 1 saturated carbocycles. The maximum absolute atomic E-state index is 12.6. The van der Waals surface area contributed by atoms with E-state index in [0.29, 0.717) is 29.7 Å². The molecule has 206 valence electrons. The average molecular weight is 556 g/mol. The summed E-state index contributed by atoms with van der Waals surface area (Å²) in [6.07, 6.45) is 6.03. The highest BCUT2D eigenvalue weighted by atomic mass is 35.5. The van der Waals surface area contributed by atoms with E-state index < -0.39 is 14.3 Å². The molecule has 1 aliphatic carbocycles. The molecule has 2 aromatic carbocycles. The first kappa shape index (κ1) is 28.7. The molecule has 4 rings (SSSR count). The van der Waals surface area contributed by atoms with Gasteiger partial charge in [-0.25, -0.2) is 4.79 Å². The quantitative estimate of drug-likeness (QED) is 0.206. The van der Waals surface area contributed by atoms with Crippen LogP contribution in [-0.2, 0) is 15.7 Å². The van der Waals surface area contributed by atoms with Crippen molar-refractivity contribution in [3.05, 3.63) is 52.5 Å². The van der Waals surface area contributed by atoms with Crippen molar-refractivity contribution in [3.63, 3.8) is 0 Å². The van der Waals surface area contributed by atoms with Crippen LogP contribution in [0.5, 0.6) is 5.75 Å². The van der Waals surface area contributed by atoms with E-state index in [1.807, 2.05) is 18.2 Å². The molecular weight excluding hydrogens is 514 g/mol. The van der Waals surface area contributed by atoms with Gasteiger partial charge in [-0.05, 0) is 78.4 Å². The van der Waals surface area contributed by atoms with Crippen LogP contribution in [-0.4, -0.2) is 39.7 Å². The van der Waals surface area contributed by atoms with Gasteiger partial charge in [0.1, 0.15) is 5.75 Å². The van der Waals surface area contributed by atoms with Crippen LogP contribution in [0.1, 0.15) is 74.7 Å². The number of esters is 1. The van der Waals surface area contributed by atoms with Crippen molar-refractivity contribution in [1.29, 1.82) is 0 Å². The Hall–Kier alpha value is -2.28. The lowest BCUT2D eigenvalue weighted by molar-refractivity contribution is 0.0601. The van der Waals surface area contributed by atoms with Crippen LogP contribution in [0, 0.1) is 0 Å². The lowest BCUT2D eigenvalue weighted by atomic mass is 9.81. The number of benzene rings is 2. The van der Waals surface area contributed by atoms with Crippen molar-refractivity contribution in [2.45, 2.75) is 83.5 Å².